The van der Waals surface area contributed by atoms with E-state index in [0.29, 0.717) is 16.9 Å². The van der Waals surface area contributed by atoms with Crippen LogP contribution in [0.25, 0.3) is 11.1 Å². The number of nitrogens with one attached hydrogen (secondary N) is 1. The molecule has 0 amide bonds. The summed E-state index contributed by atoms with van der Waals surface area (Å²) in [5.41, 5.74) is 3.51. The van der Waals surface area contributed by atoms with E-state index in [9.17, 15) is 4.79 Å². The Morgan fingerprint density at radius 3 is 2.95 bits per heavy atom. The van der Waals surface area contributed by atoms with Crippen LogP contribution in [0.15, 0.2) is 27.4 Å². The largest absolute Gasteiger partial charge is 0.419 e. The highest BCUT2D eigenvalue weighted by Crippen LogP contribution is 2.48. The van der Waals surface area contributed by atoms with Gasteiger partial charge in [-0.1, -0.05) is 6.07 Å². The van der Waals surface area contributed by atoms with Gasteiger partial charge in [-0.25, -0.2) is 4.79 Å². The molecule has 1 saturated heterocycles. The average molecular weight is 258 g/mol. The second-order valence-electron chi connectivity index (χ2n) is 6.20. The Morgan fingerprint density at radius 2 is 2.26 bits per heavy atom. The Labute approximate surface area is 111 Å². The quantitative estimate of drug-likeness (QED) is 0.851. The zero-order valence-electron chi connectivity index (χ0n) is 11.1. The average Bonchev–Trinajstić information content (AvgIpc) is 2.93. The van der Waals surface area contributed by atoms with Crippen molar-refractivity contribution in [3.8, 4) is 0 Å². The Balaban J connectivity index is 1.71. The first kappa shape index (κ1) is 11.3. The molecule has 1 atom stereocenters. The lowest BCUT2D eigenvalue weighted by molar-refractivity contribution is 0.175. The summed E-state index contributed by atoms with van der Waals surface area (Å²) in [6, 6.07) is 6.20. The second kappa shape index (κ2) is 3.73. The molecule has 19 heavy (non-hydrogen) atoms. The highest BCUT2D eigenvalue weighted by molar-refractivity contribution is 5.73. The van der Waals surface area contributed by atoms with Crippen LogP contribution in [0.5, 0.6) is 0 Å². The van der Waals surface area contributed by atoms with Crippen molar-refractivity contribution < 1.29 is 4.42 Å². The number of nitrogens with zero attached hydrogens (tertiary/aromatic N) is 1. The first-order valence-electron chi connectivity index (χ1n) is 6.97. The van der Waals surface area contributed by atoms with Crippen molar-refractivity contribution in [3.05, 3.63) is 34.3 Å². The SMILES string of the molecule is Cn1c(=O)oc2ccc(C3CCC4(CNC4)C3)cc21. The van der Waals surface area contributed by atoms with Gasteiger partial charge in [-0.3, -0.25) is 4.57 Å². The molecule has 1 spiro atoms. The van der Waals surface area contributed by atoms with Gasteiger partial charge in [-0.15, -0.1) is 0 Å². The summed E-state index contributed by atoms with van der Waals surface area (Å²) in [5.74, 6) is 0.356. The minimum atomic E-state index is -0.279. The van der Waals surface area contributed by atoms with Gasteiger partial charge >= 0.3 is 5.76 Å². The molecule has 1 aliphatic heterocycles. The third-order valence-corrected chi connectivity index (χ3v) is 4.99. The summed E-state index contributed by atoms with van der Waals surface area (Å²) in [6.45, 7) is 2.35. The second-order valence-corrected chi connectivity index (χ2v) is 6.20. The Hall–Kier alpha value is -1.55. The Morgan fingerprint density at radius 1 is 1.42 bits per heavy atom. The molecule has 4 heteroatoms. The third kappa shape index (κ3) is 1.59. The maximum absolute atomic E-state index is 11.5. The first-order valence-corrected chi connectivity index (χ1v) is 6.97. The standard InChI is InChI=1S/C15H18N2O2/c1-17-12-6-10(2-3-13(12)19-14(17)18)11-4-5-15(7-11)8-16-9-15/h2-3,6,11,16H,4-5,7-9H2,1H3. The molecular weight excluding hydrogens is 240 g/mol. The number of benzene rings is 1. The Kier molecular flexibility index (Phi) is 2.22. The predicted octanol–water partition coefficient (Wildman–Crippen LogP) is 1.99. The monoisotopic (exact) mass is 258 g/mol. The summed E-state index contributed by atoms with van der Waals surface area (Å²) in [5, 5.41) is 3.40. The smallest absolute Gasteiger partial charge is 0.408 e. The molecule has 0 bridgehead atoms. The molecule has 2 aliphatic rings. The van der Waals surface area contributed by atoms with E-state index in [1.165, 1.54) is 37.9 Å². The summed E-state index contributed by atoms with van der Waals surface area (Å²) >= 11 is 0. The van der Waals surface area contributed by atoms with E-state index < -0.39 is 0 Å². The van der Waals surface area contributed by atoms with Crippen molar-refractivity contribution in [2.75, 3.05) is 13.1 Å². The predicted molar refractivity (Wildman–Crippen MR) is 73.3 cm³/mol. The van der Waals surface area contributed by atoms with Gasteiger partial charge in [0.2, 0.25) is 0 Å². The number of fused-ring (bicyclic) bond motifs is 1. The number of hydrogen-bond donors (Lipinski definition) is 1. The van der Waals surface area contributed by atoms with E-state index in [1.54, 1.807) is 11.6 Å². The molecule has 1 N–H and O–H groups in total. The van der Waals surface area contributed by atoms with Crippen LogP contribution in [0.2, 0.25) is 0 Å². The minimum absolute atomic E-state index is 0.279. The van der Waals surface area contributed by atoms with Crippen LogP contribution in [0.4, 0.5) is 0 Å². The molecule has 2 heterocycles. The molecule has 2 fully saturated rings. The number of hydrogen-bond acceptors (Lipinski definition) is 3. The van der Waals surface area contributed by atoms with Crippen LogP contribution in [0, 0.1) is 5.41 Å². The minimum Gasteiger partial charge on any atom is -0.408 e. The third-order valence-electron chi connectivity index (χ3n) is 4.99. The van der Waals surface area contributed by atoms with E-state index >= 15 is 0 Å². The van der Waals surface area contributed by atoms with Crippen LogP contribution in [0.1, 0.15) is 30.7 Å². The molecule has 1 saturated carbocycles. The lowest BCUT2D eigenvalue weighted by atomic mass is 9.79. The highest BCUT2D eigenvalue weighted by Gasteiger charge is 2.43. The van der Waals surface area contributed by atoms with Gasteiger partial charge in [0.1, 0.15) is 0 Å². The molecule has 2 aromatic rings. The lowest BCUT2D eigenvalue weighted by Crippen LogP contribution is -2.51. The van der Waals surface area contributed by atoms with Gasteiger partial charge in [-0.2, -0.15) is 0 Å². The topological polar surface area (TPSA) is 47.2 Å². The number of oxazole rings is 1. The van der Waals surface area contributed by atoms with Crippen molar-refractivity contribution in [1.82, 2.24) is 9.88 Å². The number of aromatic nitrogens is 1. The first-order chi connectivity index (χ1) is 9.17. The molecule has 0 radical (unpaired) electrons. The highest BCUT2D eigenvalue weighted by atomic mass is 16.4. The van der Waals surface area contributed by atoms with Gasteiger partial charge in [-0.05, 0) is 48.3 Å². The van der Waals surface area contributed by atoms with E-state index in [-0.39, 0.29) is 5.76 Å². The van der Waals surface area contributed by atoms with Crippen LogP contribution < -0.4 is 11.1 Å². The van der Waals surface area contributed by atoms with E-state index in [0.717, 1.165) is 5.52 Å². The summed E-state index contributed by atoms with van der Waals surface area (Å²) in [6.07, 6.45) is 3.86. The molecule has 4 nitrogen and oxygen atoms in total. The molecule has 1 unspecified atom stereocenters. The van der Waals surface area contributed by atoms with E-state index in [1.807, 2.05) is 6.07 Å². The van der Waals surface area contributed by atoms with Gasteiger partial charge in [0.15, 0.2) is 5.58 Å². The Bertz CT molecular complexity index is 694. The van der Waals surface area contributed by atoms with Crippen LogP contribution in [-0.4, -0.2) is 17.7 Å². The van der Waals surface area contributed by atoms with Crippen molar-refractivity contribution in [3.63, 3.8) is 0 Å². The molecular formula is C15H18N2O2. The van der Waals surface area contributed by atoms with E-state index in [4.69, 9.17) is 4.42 Å². The fourth-order valence-corrected chi connectivity index (χ4v) is 3.69. The van der Waals surface area contributed by atoms with Gasteiger partial charge < -0.3 is 9.73 Å². The van der Waals surface area contributed by atoms with Crippen LogP contribution in [-0.2, 0) is 7.05 Å². The molecule has 100 valence electrons. The van der Waals surface area contributed by atoms with Crippen LogP contribution in [0.3, 0.4) is 0 Å². The summed E-state index contributed by atoms with van der Waals surface area (Å²) < 4.78 is 6.78. The zero-order valence-corrected chi connectivity index (χ0v) is 11.1. The summed E-state index contributed by atoms with van der Waals surface area (Å²) in [4.78, 5) is 11.5. The molecule has 1 aromatic carbocycles. The fraction of sp³-hybridized carbons (Fsp3) is 0.533. The fourth-order valence-electron chi connectivity index (χ4n) is 3.69. The van der Waals surface area contributed by atoms with Crippen LogP contribution >= 0.6 is 0 Å². The van der Waals surface area contributed by atoms with Crippen molar-refractivity contribution in [2.45, 2.75) is 25.2 Å². The maximum Gasteiger partial charge on any atom is 0.419 e. The molecule has 1 aliphatic carbocycles. The summed E-state index contributed by atoms with van der Waals surface area (Å²) in [7, 11) is 1.77. The maximum atomic E-state index is 11.5. The van der Waals surface area contributed by atoms with Crippen molar-refractivity contribution >= 4 is 11.1 Å². The number of aryl methyl sites for hydroxylation is 1. The zero-order chi connectivity index (χ0) is 13.0. The molecule has 4 rings (SSSR count). The van der Waals surface area contributed by atoms with Gasteiger partial charge in [0, 0.05) is 20.1 Å². The van der Waals surface area contributed by atoms with Gasteiger partial charge in [0.05, 0.1) is 5.52 Å². The normalized spacial score (nSPS) is 25.0. The number of rotatable bonds is 1. The van der Waals surface area contributed by atoms with E-state index in [2.05, 4.69) is 17.4 Å². The lowest BCUT2D eigenvalue weighted by Gasteiger charge is -2.39. The molecule has 1 aromatic heterocycles. The van der Waals surface area contributed by atoms with Gasteiger partial charge in [0.25, 0.3) is 0 Å². The van der Waals surface area contributed by atoms with Crippen molar-refractivity contribution in [1.29, 1.82) is 0 Å². The van der Waals surface area contributed by atoms with Crippen molar-refractivity contribution in [2.24, 2.45) is 12.5 Å².